The van der Waals surface area contributed by atoms with Crippen LogP contribution in [0.2, 0.25) is 0 Å². The van der Waals surface area contributed by atoms with Gasteiger partial charge in [-0.25, -0.2) is 4.98 Å². The zero-order chi connectivity index (χ0) is 11.1. The first kappa shape index (κ1) is 10.2. The number of hydrogen-bond donors (Lipinski definition) is 1. The highest BCUT2D eigenvalue weighted by Crippen LogP contribution is 2.30. The Hall–Kier alpha value is -0.940. The van der Waals surface area contributed by atoms with Gasteiger partial charge in [-0.2, -0.15) is 12.6 Å². The van der Waals surface area contributed by atoms with E-state index in [0.717, 1.165) is 23.0 Å². The normalized spacial score (nSPS) is 18.9. The predicted octanol–water partition coefficient (Wildman–Crippen LogP) is 1.80. The highest BCUT2D eigenvalue weighted by molar-refractivity contribution is 8.00. The van der Waals surface area contributed by atoms with Crippen LogP contribution in [0.1, 0.15) is 0 Å². The van der Waals surface area contributed by atoms with E-state index in [1.54, 1.807) is 16.3 Å². The summed E-state index contributed by atoms with van der Waals surface area (Å²) in [5, 5.41) is 1.88. The van der Waals surface area contributed by atoms with Gasteiger partial charge < -0.3 is 0 Å². The van der Waals surface area contributed by atoms with Crippen LogP contribution >= 0.6 is 24.4 Å². The molecule has 5 heteroatoms. The quantitative estimate of drug-likeness (QED) is 0.619. The molecule has 0 saturated carbocycles. The smallest absolute Gasteiger partial charge is 0.262 e. The van der Waals surface area contributed by atoms with Crippen LogP contribution in [0.25, 0.3) is 10.9 Å². The van der Waals surface area contributed by atoms with E-state index in [-0.39, 0.29) is 5.56 Å². The van der Waals surface area contributed by atoms with E-state index in [4.69, 9.17) is 0 Å². The van der Waals surface area contributed by atoms with Crippen LogP contribution in [0.4, 0.5) is 0 Å². The third kappa shape index (κ3) is 1.46. The number of hydrogen-bond acceptors (Lipinski definition) is 4. The second kappa shape index (κ2) is 3.82. The largest absolute Gasteiger partial charge is 0.286 e. The summed E-state index contributed by atoms with van der Waals surface area (Å²) in [6.45, 7) is 0.722. The van der Waals surface area contributed by atoms with E-state index in [0.29, 0.717) is 10.6 Å². The van der Waals surface area contributed by atoms with Crippen LogP contribution in [0.3, 0.4) is 0 Å². The van der Waals surface area contributed by atoms with Crippen molar-refractivity contribution in [2.75, 3.05) is 5.75 Å². The molecule has 1 aromatic carbocycles. The molecule has 0 radical (unpaired) electrons. The molecule has 0 amide bonds. The lowest BCUT2D eigenvalue weighted by atomic mass is 10.2. The van der Waals surface area contributed by atoms with Gasteiger partial charge in [-0.1, -0.05) is 23.9 Å². The number of thiol groups is 1. The van der Waals surface area contributed by atoms with Gasteiger partial charge in [0.25, 0.3) is 5.56 Å². The number of nitrogens with zero attached hydrogens (tertiary/aromatic N) is 2. The Bertz CT molecular complexity index is 608. The van der Waals surface area contributed by atoms with Crippen molar-refractivity contribution in [1.82, 2.24) is 9.55 Å². The third-order valence-corrected chi connectivity index (χ3v) is 4.55. The van der Waals surface area contributed by atoms with Crippen molar-refractivity contribution in [2.24, 2.45) is 0 Å². The molecule has 0 fully saturated rings. The molecule has 1 aromatic heterocycles. The fourth-order valence-corrected chi connectivity index (χ4v) is 3.25. The van der Waals surface area contributed by atoms with Gasteiger partial charge in [-0.3, -0.25) is 9.36 Å². The van der Waals surface area contributed by atoms with Crippen molar-refractivity contribution in [2.45, 2.75) is 17.0 Å². The van der Waals surface area contributed by atoms with E-state index in [2.05, 4.69) is 17.6 Å². The molecule has 0 bridgehead atoms. The van der Waals surface area contributed by atoms with Gasteiger partial charge >= 0.3 is 0 Å². The molecule has 3 rings (SSSR count). The van der Waals surface area contributed by atoms with Gasteiger partial charge in [0.15, 0.2) is 5.16 Å². The van der Waals surface area contributed by atoms with Gasteiger partial charge in [0, 0.05) is 17.5 Å². The maximum absolute atomic E-state index is 12.2. The molecule has 1 atom stereocenters. The van der Waals surface area contributed by atoms with Crippen LogP contribution in [0.15, 0.2) is 34.2 Å². The first-order valence-corrected chi connectivity index (χ1v) is 6.58. The third-order valence-electron chi connectivity index (χ3n) is 2.69. The topological polar surface area (TPSA) is 34.9 Å². The molecule has 0 N–H and O–H groups in total. The highest BCUT2D eigenvalue weighted by Gasteiger charge is 2.24. The van der Waals surface area contributed by atoms with E-state index in [1.165, 1.54) is 0 Å². The lowest BCUT2D eigenvalue weighted by Gasteiger charge is -2.03. The van der Waals surface area contributed by atoms with Gasteiger partial charge in [-0.15, -0.1) is 0 Å². The van der Waals surface area contributed by atoms with E-state index in [9.17, 15) is 4.79 Å². The van der Waals surface area contributed by atoms with Crippen molar-refractivity contribution >= 4 is 35.3 Å². The van der Waals surface area contributed by atoms with E-state index in [1.807, 2.05) is 24.3 Å². The molecule has 0 aliphatic carbocycles. The Balaban J connectivity index is 2.28. The minimum atomic E-state index is 0.0670. The molecule has 3 nitrogen and oxygen atoms in total. The fourth-order valence-electron chi connectivity index (χ4n) is 1.88. The Labute approximate surface area is 102 Å². The van der Waals surface area contributed by atoms with Crippen molar-refractivity contribution in [3.05, 3.63) is 34.6 Å². The lowest BCUT2D eigenvalue weighted by Crippen LogP contribution is -2.22. The minimum absolute atomic E-state index is 0.0670. The number of aromatic nitrogens is 2. The zero-order valence-corrected chi connectivity index (χ0v) is 10.2. The maximum atomic E-state index is 12.2. The summed E-state index contributed by atoms with van der Waals surface area (Å²) in [6.07, 6.45) is 0. The fraction of sp³-hybridized carbons (Fsp3) is 0.273. The summed E-state index contributed by atoms with van der Waals surface area (Å²) in [6, 6.07) is 7.49. The van der Waals surface area contributed by atoms with Crippen LogP contribution < -0.4 is 5.56 Å². The van der Waals surface area contributed by atoms with Crippen molar-refractivity contribution < 1.29 is 0 Å². The SMILES string of the molecule is O=c1c2ccccc2nc2n1C[C@H](CS)S2. The average molecular weight is 250 g/mol. The molecule has 0 unspecified atom stereocenters. The predicted molar refractivity (Wildman–Crippen MR) is 69.5 cm³/mol. The van der Waals surface area contributed by atoms with Gasteiger partial charge in [0.2, 0.25) is 0 Å². The van der Waals surface area contributed by atoms with E-state index >= 15 is 0 Å². The highest BCUT2D eigenvalue weighted by atomic mass is 32.2. The van der Waals surface area contributed by atoms with Gasteiger partial charge in [0.1, 0.15) is 0 Å². The van der Waals surface area contributed by atoms with Gasteiger partial charge in [0.05, 0.1) is 10.9 Å². The number of rotatable bonds is 1. The Morgan fingerprint density at radius 3 is 3.12 bits per heavy atom. The Morgan fingerprint density at radius 1 is 1.50 bits per heavy atom. The van der Waals surface area contributed by atoms with Crippen molar-refractivity contribution in [3.63, 3.8) is 0 Å². The maximum Gasteiger partial charge on any atom is 0.262 e. The second-order valence-corrected chi connectivity index (χ2v) is 5.38. The molecule has 1 aliphatic heterocycles. The van der Waals surface area contributed by atoms with Crippen LogP contribution in [0, 0.1) is 0 Å². The molecule has 82 valence electrons. The zero-order valence-electron chi connectivity index (χ0n) is 8.46. The summed E-state index contributed by atoms with van der Waals surface area (Å²) in [5.41, 5.74) is 0.850. The summed E-state index contributed by atoms with van der Waals surface area (Å²) in [5.74, 6) is 0.768. The molecule has 0 spiro atoms. The summed E-state index contributed by atoms with van der Waals surface area (Å²) >= 11 is 5.91. The van der Waals surface area contributed by atoms with Crippen LogP contribution in [-0.2, 0) is 6.54 Å². The number of para-hydroxylation sites is 1. The minimum Gasteiger partial charge on any atom is -0.286 e. The number of thioether (sulfide) groups is 1. The molecule has 2 aromatic rings. The van der Waals surface area contributed by atoms with Crippen molar-refractivity contribution in [1.29, 1.82) is 0 Å². The average Bonchev–Trinajstić information content (AvgIpc) is 2.73. The second-order valence-electron chi connectivity index (χ2n) is 3.75. The van der Waals surface area contributed by atoms with Crippen LogP contribution in [-0.4, -0.2) is 20.6 Å². The van der Waals surface area contributed by atoms with Crippen molar-refractivity contribution in [3.8, 4) is 0 Å². The standard InChI is InChI=1S/C11H10N2OS2/c14-10-8-3-1-2-4-9(8)12-11-13(10)5-7(6-15)16-11/h1-4,7,15H,5-6H2/t7-/m1/s1. The lowest BCUT2D eigenvalue weighted by molar-refractivity contribution is 0.631. The van der Waals surface area contributed by atoms with Crippen LogP contribution in [0.5, 0.6) is 0 Å². The molecule has 1 aliphatic rings. The number of fused-ring (bicyclic) bond motifs is 2. The molecule has 2 heterocycles. The molecular weight excluding hydrogens is 240 g/mol. The molecule has 16 heavy (non-hydrogen) atoms. The first-order chi connectivity index (χ1) is 7.79. The Morgan fingerprint density at radius 2 is 2.31 bits per heavy atom. The number of benzene rings is 1. The first-order valence-electron chi connectivity index (χ1n) is 5.06. The van der Waals surface area contributed by atoms with Gasteiger partial charge in [-0.05, 0) is 12.1 Å². The molecule has 0 saturated heterocycles. The summed E-state index contributed by atoms with van der Waals surface area (Å²) in [4.78, 5) is 16.7. The monoisotopic (exact) mass is 250 g/mol. The summed E-state index contributed by atoms with van der Waals surface area (Å²) < 4.78 is 1.76. The molecular formula is C11H10N2OS2. The van der Waals surface area contributed by atoms with E-state index < -0.39 is 0 Å². The summed E-state index contributed by atoms with van der Waals surface area (Å²) in [7, 11) is 0. The Kier molecular flexibility index (Phi) is 2.44.